The first-order valence-corrected chi connectivity index (χ1v) is 8.06. The molecule has 0 aliphatic carbocycles. The van der Waals surface area contributed by atoms with Crippen molar-refractivity contribution in [3.05, 3.63) is 66.7 Å². The topological polar surface area (TPSA) is 29.1 Å². The van der Waals surface area contributed by atoms with E-state index in [1.165, 1.54) is 6.08 Å². The van der Waals surface area contributed by atoms with Crippen LogP contribution in [0.1, 0.15) is 5.56 Å². The number of benzene rings is 2. The van der Waals surface area contributed by atoms with Gasteiger partial charge in [0.2, 0.25) is 5.91 Å². The Morgan fingerprint density at radius 1 is 1.05 bits per heavy atom. The van der Waals surface area contributed by atoms with Gasteiger partial charge >= 0.3 is 0 Å². The summed E-state index contributed by atoms with van der Waals surface area (Å²) >= 11 is 20.0. The molecule has 2 aromatic carbocycles. The molecule has 0 fully saturated rings. The predicted octanol–water partition coefficient (Wildman–Crippen LogP) is 5.90. The second-order valence-corrected chi connectivity index (χ2v) is 6.61. The Kier molecular flexibility index (Phi) is 5.93. The van der Waals surface area contributed by atoms with Crippen LogP contribution in [-0.4, -0.2) is 5.91 Å². The lowest BCUT2D eigenvalue weighted by Crippen LogP contribution is -2.08. The molecular formula is C15H9Cl3INO. The summed E-state index contributed by atoms with van der Waals surface area (Å²) in [4.78, 5) is 11.9. The molecule has 0 aliphatic heterocycles. The molecule has 6 heteroatoms. The van der Waals surface area contributed by atoms with Crippen molar-refractivity contribution < 1.29 is 4.79 Å². The van der Waals surface area contributed by atoms with Gasteiger partial charge in [0.05, 0.1) is 10.7 Å². The van der Waals surface area contributed by atoms with Crippen LogP contribution in [0, 0.1) is 3.57 Å². The normalized spacial score (nSPS) is 10.9. The number of hydrogen-bond donors (Lipinski definition) is 1. The van der Waals surface area contributed by atoms with Crippen molar-refractivity contribution in [3.63, 3.8) is 0 Å². The second-order valence-electron chi connectivity index (χ2n) is 4.11. The number of nitrogens with one attached hydrogen (secondary N) is 1. The highest BCUT2D eigenvalue weighted by Crippen LogP contribution is 2.24. The van der Waals surface area contributed by atoms with Gasteiger partial charge in [0, 0.05) is 19.7 Å². The van der Waals surface area contributed by atoms with Crippen LogP contribution in [0.15, 0.2) is 42.5 Å². The molecule has 0 aliphatic rings. The maximum absolute atomic E-state index is 11.9. The van der Waals surface area contributed by atoms with Crippen LogP contribution in [0.5, 0.6) is 0 Å². The molecule has 2 aromatic rings. The summed E-state index contributed by atoms with van der Waals surface area (Å²) in [5.74, 6) is -0.288. The van der Waals surface area contributed by atoms with Crippen LogP contribution in [0.25, 0.3) is 6.08 Å². The number of carbonyl (C=O) groups excluding carboxylic acids is 1. The number of amides is 1. The fourth-order valence-corrected chi connectivity index (χ4v) is 2.94. The molecule has 0 spiro atoms. The van der Waals surface area contributed by atoms with Gasteiger partial charge in [-0.15, -0.1) is 0 Å². The molecule has 0 saturated heterocycles. The fraction of sp³-hybridized carbons (Fsp3) is 0. The summed E-state index contributed by atoms with van der Waals surface area (Å²) in [6, 6.07) is 10.5. The Morgan fingerprint density at radius 2 is 1.81 bits per heavy atom. The van der Waals surface area contributed by atoms with Crippen LogP contribution in [0.2, 0.25) is 15.1 Å². The van der Waals surface area contributed by atoms with E-state index >= 15 is 0 Å². The van der Waals surface area contributed by atoms with Gasteiger partial charge in [0.1, 0.15) is 0 Å². The van der Waals surface area contributed by atoms with Crippen LogP contribution < -0.4 is 5.32 Å². The second kappa shape index (κ2) is 7.49. The lowest BCUT2D eigenvalue weighted by Gasteiger charge is -2.05. The SMILES string of the molecule is O=C(C=Cc1ccc(Cl)cc1Cl)Nc1ccc(I)cc1Cl. The van der Waals surface area contributed by atoms with E-state index in [1.54, 1.807) is 36.4 Å². The maximum atomic E-state index is 11.9. The number of carbonyl (C=O) groups is 1. The molecule has 0 bridgehead atoms. The van der Waals surface area contributed by atoms with Crippen molar-refractivity contribution in [2.45, 2.75) is 0 Å². The van der Waals surface area contributed by atoms with Gasteiger partial charge in [-0.05, 0) is 64.6 Å². The first-order valence-electron chi connectivity index (χ1n) is 5.85. The third-order valence-corrected chi connectivity index (χ3v) is 4.11. The first kappa shape index (κ1) is 16.6. The highest BCUT2D eigenvalue weighted by molar-refractivity contribution is 14.1. The molecular weight excluding hydrogens is 443 g/mol. The zero-order valence-corrected chi connectivity index (χ0v) is 15.0. The van der Waals surface area contributed by atoms with Gasteiger partial charge in [0.15, 0.2) is 0 Å². The van der Waals surface area contributed by atoms with Crippen LogP contribution in [0.4, 0.5) is 5.69 Å². The number of hydrogen-bond acceptors (Lipinski definition) is 1. The van der Waals surface area contributed by atoms with Gasteiger partial charge in [-0.3, -0.25) is 4.79 Å². The molecule has 1 amide bonds. The molecule has 2 rings (SSSR count). The molecule has 2 nitrogen and oxygen atoms in total. The molecule has 0 unspecified atom stereocenters. The summed E-state index contributed by atoms with van der Waals surface area (Å²) in [6.45, 7) is 0. The van der Waals surface area contributed by atoms with Crippen molar-refractivity contribution in [1.29, 1.82) is 0 Å². The van der Waals surface area contributed by atoms with E-state index in [1.807, 2.05) is 6.07 Å². The largest absolute Gasteiger partial charge is 0.321 e. The monoisotopic (exact) mass is 451 g/mol. The van der Waals surface area contributed by atoms with Gasteiger partial charge in [-0.1, -0.05) is 40.9 Å². The first-order chi connectivity index (χ1) is 9.95. The standard InChI is InChI=1S/C15H9Cl3INO/c16-10-3-1-9(12(17)7-10)2-6-15(21)20-14-5-4-11(19)8-13(14)18/h1-8H,(H,20,21). The molecule has 0 heterocycles. The van der Waals surface area contributed by atoms with Gasteiger partial charge in [-0.25, -0.2) is 0 Å². The summed E-state index contributed by atoms with van der Waals surface area (Å²) < 4.78 is 0.999. The minimum absolute atomic E-state index is 0.288. The third-order valence-electron chi connectivity index (χ3n) is 2.57. The Labute approximate surface area is 151 Å². The Morgan fingerprint density at radius 3 is 2.48 bits per heavy atom. The Bertz CT molecular complexity index is 716. The third kappa shape index (κ3) is 4.88. The average molecular weight is 453 g/mol. The predicted molar refractivity (Wildman–Crippen MR) is 98.3 cm³/mol. The van der Waals surface area contributed by atoms with E-state index in [2.05, 4.69) is 27.9 Å². The van der Waals surface area contributed by atoms with E-state index in [0.29, 0.717) is 26.3 Å². The molecule has 108 valence electrons. The van der Waals surface area contributed by atoms with E-state index in [0.717, 1.165) is 3.57 Å². The Hall–Kier alpha value is -0.750. The molecule has 0 radical (unpaired) electrons. The zero-order chi connectivity index (χ0) is 15.4. The highest BCUT2D eigenvalue weighted by atomic mass is 127. The van der Waals surface area contributed by atoms with Crippen LogP contribution in [-0.2, 0) is 4.79 Å². The van der Waals surface area contributed by atoms with Gasteiger partial charge in [-0.2, -0.15) is 0 Å². The highest BCUT2D eigenvalue weighted by Gasteiger charge is 2.04. The molecule has 0 atom stereocenters. The Balaban J connectivity index is 2.09. The number of halogens is 4. The van der Waals surface area contributed by atoms with Crippen molar-refractivity contribution in [1.82, 2.24) is 0 Å². The van der Waals surface area contributed by atoms with Crippen molar-refractivity contribution >= 4 is 75.1 Å². The summed E-state index contributed by atoms with van der Waals surface area (Å²) in [6.07, 6.45) is 3.01. The minimum atomic E-state index is -0.288. The molecule has 0 aromatic heterocycles. The van der Waals surface area contributed by atoms with Gasteiger partial charge < -0.3 is 5.32 Å². The maximum Gasteiger partial charge on any atom is 0.248 e. The van der Waals surface area contributed by atoms with E-state index in [-0.39, 0.29) is 5.91 Å². The number of anilines is 1. The summed E-state index contributed by atoms with van der Waals surface area (Å²) in [7, 11) is 0. The molecule has 0 saturated carbocycles. The quantitative estimate of drug-likeness (QED) is 0.456. The van der Waals surface area contributed by atoms with Crippen molar-refractivity contribution in [2.24, 2.45) is 0 Å². The van der Waals surface area contributed by atoms with E-state index in [9.17, 15) is 4.79 Å². The smallest absolute Gasteiger partial charge is 0.248 e. The lowest BCUT2D eigenvalue weighted by atomic mass is 10.2. The van der Waals surface area contributed by atoms with E-state index in [4.69, 9.17) is 34.8 Å². The van der Waals surface area contributed by atoms with Crippen LogP contribution >= 0.6 is 57.4 Å². The lowest BCUT2D eigenvalue weighted by molar-refractivity contribution is -0.111. The molecule has 21 heavy (non-hydrogen) atoms. The average Bonchev–Trinajstić information content (AvgIpc) is 2.41. The number of rotatable bonds is 3. The van der Waals surface area contributed by atoms with Gasteiger partial charge in [0.25, 0.3) is 0 Å². The van der Waals surface area contributed by atoms with Crippen molar-refractivity contribution in [2.75, 3.05) is 5.32 Å². The van der Waals surface area contributed by atoms with Crippen molar-refractivity contribution in [3.8, 4) is 0 Å². The summed E-state index contributed by atoms with van der Waals surface area (Å²) in [5, 5.41) is 4.24. The van der Waals surface area contributed by atoms with Crippen LogP contribution in [0.3, 0.4) is 0 Å². The zero-order valence-electron chi connectivity index (χ0n) is 10.5. The minimum Gasteiger partial charge on any atom is -0.321 e. The summed E-state index contributed by atoms with van der Waals surface area (Å²) in [5.41, 5.74) is 1.28. The van der Waals surface area contributed by atoms with E-state index < -0.39 is 0 Å². The fourth-order valence-electron chi connectivity index (χ4n) is 1.57. The molecule has 1 N–H and O–H groups in total.